The van der Waals surface area contributed by atoms with Gasteiger partial charge < -0.3 is 5.32 Å². The number of amides is 1. The van der Waals surface area contributed by atoms with E-state index in [9.17, 15) is 9.59 Å². The molecule has 0 saturated carbocycles. The van der Waals surface area contributed by atoms with E-state index in [-0.39, 0.29) is 16.9 Å². The van der Waals surface area contributed by atoms with Gasteiger partial charge in [0.05, 0.1) is 5.25 Å². The van der Waals surface area contributed by atoms with Crippen LogP contribution in [0.25, 0.3) is 0 Å². The van der Waals surface area contributed by atoms with Crippen molar-refractivity contribution < 1.29 is 9.59 Å². The average molecular weight is 339 g/mol. The molecule has 1 aliphatic carbocycles. The number of fused-ring (bicyclic) bond motifs is 1. The third kappa shape index (κ3) is 3.88. The van der Waals surface area contributed by atoms with E-state index in [1.807, 2.05) is 37.3 Å². The van der Waals surface area contributed by atoms with Crippen LogP contribution >= 0.6 is 11.8 Å². The monoisotopic (exact) mass is 339 g/mol. The van der Waals surface area contributed by atoms with Crippen molar-refractivity contribution >= 4 is 29.1 Å². The van der Waals surface area contributed by atoms with Crippen molar-refractivity contribution in [1.29, 1.82) is 0 Å². The average Bonchev–Trinajstić information content (AvgIpc) is 3.03. The highest BCUT2D eigenvalue weighted by Gasteiger charge is 2.19. The summed E-state index contributed by atoms with van der Waals surface area (Å²) in [5, 5.41) is 2.60. The van der Waals surface area contributed by atoms with Crippen molar-refractivity contribution in [2.45, 2.75) is 43.3 Å². The van der Waals surface area contributed by atoms with Gasteiger partial charge in [-0.15, -0.1) is 11.8 Å². The van der Waals surface area contributed by atoms with E-state index in [2.05, 4.69) is 17.4 Å². The molecule has 4 heteroatoms. The molecule has 0 unspecified atom stereocenters. The molecule has 124 valence electrons. The van der Waals surface area contributed by atoms with Gasteiger partial charge in [0.1, 0.15) is 0 Å². The highest BCUT2D eigenvalue weighted by atomic mass is 32.2. The van der Waals surface area contributed by atoms with Crippen LogP contribution in [0.2, 0.25) is 0 Å². The first kappa shape index (κ1) is 16.8. The summed E-state index contributed by atoms with van der Waals surface area (Å²) in [5.74, 6) is 0.0798. The fraction of sp³-hybridized carbons (Fsp3) is 0.300. The predicted octanol–water partition coefficient (Wildman–Crippen LogP) is 4.50. The number of aryl methyl sites for hydroxylation is 2. The highest BCUT2D eigenvalue weighted by molar-refractivity contribution is 8.00. The van der Waals surface area contributed by atoms with Gasteiger partial charge in [0, 0.05) is 23.1 Å². The molecular formula is C20H21NO2S. The van der Waals surface area contributed by atoms with Crippen LogP contribution in [0.1, 0.15) is 41.8 Å². The van der Waals surface area contributed by atoms with Gasteiger partial charge in [0.2, 0.25) is 5.91 Å². The number of carbonyl (C=O) groups excluding carboxylic acids is 2. The number of carbonyl (C=O) groups is 2. The molecule has 1 atom stereocenters. The molecule has 3 rings (SSSR count). The number of thioether (sulfide) groups is 1. The predicted molar refractivity (Wildman–Crippen MR) is 98.9 cm³/mol. The summed E-state index contributed by atoms with van der Waals surface area (Å²) < 4.78 is 0. The molecule has 0 radical (unpaired) electrons. The maximum absolute atomic E-state index is 12.7. The normalized spacial score (nSPS) is 14.1. The van der Waals surface area contributed by atoms with Crippen LogP contribution in [0.15, 0.2) is 47.4 Å². The Labute approximate surface area is 146 Å². The van der Waals surface area contributed by atoms with E-state index in [0.29, 0.717) is 0 Å². The van der Waals surface area contributed by atoms with Crippen LogP contribution < -0.4 is 5.32 Å². The zero-order chi connectivity index (χ0) is 17.1. The summed E-state index contributed by atoms with van der Waals surface area (Å²) in [5.41, 5.74) is 4.30. The van der Waals surface area contributed by atoms with E-state index < -0.39 is 0 Å². The number of benzene rings is 2. The molecule has 1 aliphatic rings. The first-order chi connectivity index (χ1) is 11.5. The fourth-order valence-corrected chi connectivity index (χ4v) is 3.98. The van der Waals surface area contributed by atoms with Gasteiger partial charge >= 0.3 is 0 Å². The molecule has 2 aromatic carbocycles. The van der Waals surface area contributed by atoms with E-state index in [0.717, 1.165) is 29.0 Å². The second-order valence-corrected chi connectivity index (χ2v) is 7.58. The Morgan fingerprint density at radius 2 is 1.75 bits per heavy atom. The van der Waals surface area contributed by atoms with Gasteiger partial charge in [-0.05, 0) is 67.6 Å². The van der Waals surface area contributed by atoms with Crippen molar-refractivity contribution in [3.63, 3.8) is 0 Å². The summed E-state index contributed by atoms with van der Waals surface area (Å²) in [6, 6.07) is 13.7. The molecule has 0 saturated heterocycles. The SMILES string of the molecule is CC(=O)Nc1ccc(S[C@H](C)C(=O)c2ccc3c(c2)CCC3)cc1. The van der Waals surface area contributed by atoms with Crippen LogP contribution in [-0.4, -0.2) is 16.9 Å². The lowest BCUT2D eigenvalue weighted by atomic mass is 10.0. The zero-order valence-electron chi connectivity index (χ0n) is 14.0. The molecule has 0 spiro atoms. The second-order valence-electron chi connectivity index (χ2n) is 6.17. The Kier molecular flexibility index (Phi) is 5.05. The molecule has 0 fully saturated rings. The van der Waals surface area contributed by atoms with Gasteiger partial charge in [0.15, 0.2) is 5.78 Å². The second kappa shape index (κ2) is 7.22. The summed E-state index contributed by atoms with van der Waals surface area (Å²) in [6.07, 6.45) is 3.41. The minimum absolute atomic E-state index is 0.0874. The van der Waals surface area contributed by atoms with Gasteiger partial charge in [0.25, 0.3) is 0 Å². The molecule has 0 bridgehead atoms. The van der Waals surface area contributed by atoms with Gasteiger partial charge in [-0.25, -0.2) is 0 Å². The quantitative estimate of drug-likeness (QED) is 0.644. The van der Waals surface area contributed by atoms with E-state index in [1.54, 1.807) is 11.8 Å². The van der Waals surface area contributed by atoms with Crippen molar-refractivity contribution in [3.05, 3.63) is 59.2 Å². The number of rotatable bonds is 5. The van der Waals surface area contributed by atoms with E-state index in [4.69, 9.17) is 0 Å². The van der Waals surface area contributed by atoms with E-state index in [1.165, 1.54) is 24.5 Å². The van der Waals surface area contributed by atoms with Gasteiger partial charge in [-0.2, -0.15) is 0 Å². The van der Waals surface area contributed by atoms with Crippen LogP contribution in [0, 0.1) is 0 Å². The third-order valence-electron chi connectivity index (χ3n) is 4.24. The first-order valence-electron chi connectivity index (χ1n) is 8.23. The molecule has 3 nitrogen and oxygen atoms in total. The maximum Gasteiger partial charge on any atom is 0.221 e. The van der Waals surface area contributed by atoms with Gasteiger partial charge in [-0.1, -0.05) is 12.1 Å². The van der Waals surface area contributed by atoms with Crippen LogP contribution in [0.4, 0.5) is 5.69 Å². The lowest BCUT2D eigenvalue weighted by Crippen LogP contribution is -2.13. The largest absolute Gasteiger partial charge is 0.326 e. The van der Waals surface area contributed by atoms with Crippen molar-refractivity contribution in [2.24, 2.45) is 0 Å². The fourth-order valence-electron chi connectivity index (χ4n) is 3.04. The molecule has 2 aromatic rings. The standard InChI is InChI=1S/C20H21NO2S/c1-13(24-19-10-8-18(9-11-19)21-14(2)22)20(23)17-7-6-15-4-3-5-16(15)12-17/h6-13H,3-5H2,1-2H3,(H,21,22)/t13-/m1/s1. The molecule has 24 heavy (non-hydrogen) atoms. The van der Waals surface area contributed by atoms with Crippen molar-refractivity contribution in [2.75, 3.05) is 5.32 Å². The lowest BCUT2D eigenvalue weighted by Gasteiger charge is -2.12. The Hall–Kier alpha value is -2.07. The Morgan fingerprint density at radius 1 is 1.04 bits per heavy atom. The number of Topliss-reactive ketones (excluding diaryl/α,β-unsaturated/α-hetero) is 1. The number of nitrogens with one attached hydrogen (secondary N) is 1. The smallest absolute Gasteiger partial charge is 0.221 e. The highest BCUT2D eigenvalue weighted by Crippen LogP contribution is 2.29. The lowest BCUT2D eigenvalue weighted by molar-refractivity contribution is -0.114. The van der Waals surface area contributed by atoms with Crippen LogP contribution in [-0.2, 0) is 17.6 Å². The van der Waals surface area contributed by atoms with Crippen molar-refractivity contribution in [1.82, 2.24) is 0 Å². The summed E-state index contributed by atoms with van der Waals surface area (Å²) in [4.78, 5) is 24.7. The minimum Gasteiger partial charge on any atom is -0.326 e. The molecule has 1 amide bonds. The molecule has 0 heterocycles. The molecular weight excluding hydrogens is 318 g/mol. The van der Waals surface area contributed by atoms with Crippen LogP contribution in [0.5, 0.6) is 0 Å². The van der Waals surface area contributed by atoms with Crippen LogP contribution in [0.3, 0.4) is 0 Å². The molecule has 1 N–H and O–H groups in total. The third-order valence-corrected chi connectivity index (χ3v) is 5.35. The maximum atomic E-state index is 12.7. The molecule has 0 aromatic heterocycles. The number of anilines is 1. The number of ketones is 1. The Balaban J connectivity index is 1.66. The minimum atomic E-state index is -0.143. The van der Waals surface area contributed by atoms with Crippen molar-refractivity contribution in [3.8, 4) is 0 Å². The molecule has 0 aliphatic heterocycles. The zero-order valence-corrected chi connectivity index (χ0v) is 14.8. The van der Waals surface area contributed by atoms with E-state index >= 15 is 0 Å². The summed E-state index contributed by atoms with van der Waals surface area (Å²) in [6.45, 7) is 3.43. The first-order valence-corrected chi connectivity index (χ1v) is 9.11. The number of hydrogen-bond donors (Lipinski definition) is 1. The van der Waals surface area contributed by atoms with Gasteiger partial charge in [-0.3, -0.25) is 9.59 Å². The summed E-state index contributed by atoms with van der Waals surface area (Å²) >= 11 is 1.55. The topological polar surface area (TPSA) is 46.2 Å². The Morgan fingerprint density at radius 3 is 2.46 bits per heavy atom. The Bertz CT molecular complexity index is 768. The summed E-state index contributed by atoms with van der Waals surface area (Å²) in [7, 11) is 0. The number of hydrogen-bond acceptors (Lipinski definition) is 3.